The van der Waals surface area contributed by atoms with Gasteiger partial charge in [-0.25, -0.2) is 8.42 Å². The van der Waals surface area contributed by atoms with Crippen molar-refractivity contribution >= 4 is 33.2 Å². The Morgan fingerprint density at radius 2 is 1.79 bits per heavy atom. The number of halogens is 4. The van der Waals surface area contributed by atoms with E-state index < -0.39 is 34.6 Å². The molecule has 0 saturated heterocycles. The summed E-state index contributed by atoms with van der Waals surface area (Å²) in [5, 5.41) is 0.287. The van der Waals surface area contributed by atoms with Gasteiger partial charge in [0.25, 0.3) is 0 Å². The summed E-state index contributed by atoms with van der Waals surface area (Å²) < 4.78 is 66.8. The van der Waals surface area contributed by atoms with Gasteiger partial charge in [0.1, 0.15) is 12.3 Å². The zero-order chi connectivity index (χ0) is 21.8. The van der Waals surface area contributed by atoms with E-state index in [0.717, 1.165) is 21.5 Å². The third kappa shape index (κ3) is 6.82. The van der Waals surface area contributed by atoms with Crippen LogP contribution in [0.15, 0.2) is 48.5 Å². The van der Waals surface area contributed by atoms with E-state index >= 15 is 0 Å². The van der Waals surface area contributed by atoms with Gasteiger partial charge in [0, 0.05) is 24.2 Å². The SMILES string of the molecule is CN(Cc1ccccc1OC(F)(F)F)C(=O)CN(c1cccc(Cl)c1)S(C)(=O)=O. The van der Waals surface area contributed by atoms with Crippen LogP contribution in [-0.4, -0.2) is 45.4 Å². The first kappa shape index (κ1) is 22.8. The van der Waals surface area contributed by atoms with E-state index in [4.69, 9.17) is 11.6 Å². The number of carbonyl (C=O) groups excluding carboxylic acids is 1. The van der Waals surface area contributed by atoms with E-state index in [9.17, 15) is 26.4 Å². The highest BCUT2D eigenvalue weighted by atomic mass is 35.5. The number of rotatable bonds is 7. The van der Waals surface area contributed by atoms with E-state index in [1.54, 1.807) is 6.07 Å². The average Bonchev–Trinajstić information content (AvgIpc) is 2.58. The van der Waals surface area contributed by atoms with Crippen molar-refractivity contribution in [2.24, 2.45) is 0 Å². The fourth-order valence-corrected chi connectivity index (χ4v) is 3.50. The van der Waals surface area contributed by atoms with Gasteiger partial charge in [-0.15, -0.1) is 13.2 Å². The summed E-state index contributed by atoms with van der Waals surface area (Å²) in [6, 6.07) is 11.4. The standard InChI is InChI=1S/C18H18ClF3N2O4S/c1-23(11-13-6-3-4-9-16(13)28-18(20,21)22)17(25)12-24(29(2,26)27)15-8-5-7-14(19)10-15/h3-10H,11-12H2,1-2H3. The molecule has 0 aromatic heterocycles. The fourth-order valence-electron chi connectivity index (χ4n) is 2.48. The van der Waals surface area contributed by atoms with E-state index in [0.29, 0.717) is 0 Å². The lowest BCUT2D eigenvalue weighted by Crippen LogP contribution is -2.41. The highest BCUT2D eigenvalue weighted by Crippen LogP contribution is 2.27. The van der Waals surface area contributed by atoms with Crippen LogP contribution in [0.5, 0.6) is 5.75 Å². The van der Waals surface area contributed by atoms with Crippen LogP contribution >= 0.6 is 11.6 Å². The van der Waals surface area contributed by atoms with Crippen molar-refractivity contribution in [2.45, 2.75) is 12.9 Å². The Balaban J connectivity index is 2.20. The summed E-state index contributed by atoms with van der Waals surface area (Å²) >= 11 is 5.89. The molecule has 0 unspecified atom stereocenters. The van der Waals surface area contributed by atoms with Crippen LogP contribution in [0.3, 0.4) is 0 Å². The number of likely N-dealkylation sites (N-methyl/N-ethyl adjacent to an activating group) is 1. The number of hydrogen-bond acceptors (Lipinski definition) is 4. The molecule has 6 nitrogen and oxygen atoms in total. The molecule has 2 rings (SSSR count). The van der Waals surface area contributed by atoms with Gasteiger partial charge in [-0.2, -0.15) is 0 Å². The van der Waals surface area contributed by atoms with Crippen molar-refractivity contribution < 1.29 is 31.1 Å². The molecular formula is C18H18ClF3N2O4S. The summed E-state index contributed by atoms with van der Waals surface area (Å²) in [6.45, 7) is -0.754. The Hall–Kier alpha value is -2.46. The maximum atomic E-state index is 12.6. The first-order valence-electron chi connectivity index (χ1n) is 8.18. The molecule has 1 amide bonds. The van der Waals surface area contributed by atoms with Crippen molar-refractivity contribution in [3.05, 3.63) is 59.1 Å². The number of benzene rings is 2. The molecule has 2 aromatic rings. The lowest BCUT2D eigenvalue weighted by Gasteiger charge is -2.26. The van der Waals surface area contributed by atoms with E-state index in [1.807, 2.05) is 0 Å². The highest BCUT2D eigenvalue weighted by molar-refractivity contribution is 7.92. The monoisotopic (exact) mass is 450 g/mol. The first-order chi connectivity index (χ1) is 13.4. The van der Waals surface area contributed by atoms with Crippen molar-refractivity contribution in [3.8, 4) is 5.75 Å². The van der Waals surface area contributed by atoms with Gasteiger partial charge in [0.05, 0.1) is 11.9 Å². The molecule has 2 aromatic carbocycles. The molecule has 0 bridgehead atoms. The van der Waals surface area contributed by atoms with Crippen molar-refractivity contribution in [1.29, 1.82) is 0 Å². The number of sulfonamides is 1. The van der Waals surface area contributed by atoms with Gasteiger partial charge in [-0.1, -0.05) is 35.9 Å². The molecule has 0 radical (unpaired) electrons. The van der Waals surface area contributed by atoms with E-state index in [-0.39, 0.29) is 22.8 Å². The first-order valence-corrected chi connectivity index (χ1v) is 10.4. The second kappa shape index (κ2) is 8.91. The minimum atomic E-state index is -4.88. The lowest BCUT2D eigenvalue weighted by atomic mass is 10.2. The second-order valence-corrected chi connectivity index (χ2v) is 8.50. The number of para-hydroxylation sites is 1. The van der Waals surface area contributed by atoms with Crippen LogP contribution in [0, 0.1) is 0 Å². The fraction of sp³-hybridized carbons (Fsp3) is 0.278. The number of anilines is 1. The summed E-state index contributed by atoms with van der Waals surface area (Å²) in [5.74, 6) is -1.06. The van der Waals surface area contributed by atoms with Crippen molar-refractivity contribution in [3.63, 3.8) is 0 Å². The van der Waals surface area contributed by atoms with Crippen LogP contribution in [0.25, 0.3) is 0 Å². The molecule has 0 aliphatic rings. The second-order valence-electron chi connectivity index (χ2n) is 6.15. The molecule has 29 heavy (non-hydrogen) atoms. The number of alkyl halides is 3. The third-order valence-corrected chi connectivity index (χ3v) is 5.18. The number of hydrogen-bond donors (Lipinski definition) is 0. The molecule has 158 valence electrons. The lowest BCUT2D eigenvalue weighted by molar-refractivity contribution is -0.275. The van der Waals surface area contributed by atoms with Gasteiger partial charge < -0.3 is 9.64 Å². The van der Waals surface area contributed by atoms with Gasteiger partial charge in [0.15, 0.2) is 0 Å². The predicted octanol–water partition coefficient (Wildman–Crippen LogP) is 3.66. The molecule has 11 heteroatoms. The average molecular weight is 451 g/mol. The Bertz CT molecular complexity index is 983. The molecule has 0 aliphatic heterocycles. The predicted molar refractivity (Wildman–Crippen MR) is 103 cm³/mol. The number of carbonyl (C=O) groups is 1. The third-order valence-electron chi connectivity index (χ3n) is 3.81. The zero-order valence-corrected chi connectivity index (χ0v) is 17.1. The Labute approximate surface area is 171 Å². The van der Waals surface area contributed by atoms with E-state index in [1.165, 1.54) is 43.4 Å². The summed E-state index contributed by atoms with van der Waals surface area (Å²) in [4.78, 5) is 13.7. The van der Waals surface area contributed by atoms with Crippen LogP contribution in [0.4, 0.5) is 18.9 Å². The molecule has 0 atom stereocenters. The molecule has 0 spiro atoms. The maximum absolute atomic E-state index is 12.6. The Kier molecular flexibility index (Phi) is 7.02. The minimum absolute atomic E-state index is 0.120. The highest BCUT2D eigenvalue weighted by Gasteiger charge is 2.32. The number of nitrogens with zero attached hydrogens (tertiary/aromatic N) is 2. The molecular weight excluding hydrogens is 433 g/mol. The van der Waals surface area contributed by atoms with Gasteiger partial charge in [-0.05, 0) is 24.3 Å². The molecule has 0 fully saturated rings. The summed E-state index contributed by atoms with van der Waals surface area (Å²) in [5.41, 5.74) is 0.317. The van der Waals surface area contributed by atoms with Crippen LogP contribution < -0.4 is 9.04 Å². The maximum Gasteiger partial charge on any atom is 0.573 e. The normalized spacial score (nSPS) is 11.8. The molecule has 0 heterocycles. The van der Waals surface area contributed by atoms with Gasteiger partial charge in [-0.3, -0.25) is 9.10 Å². The minimum Gasteiger partial charge on any atom is -0.405 e. The number of ether oxygens (including phenoxy) is 1. The Morgan fingerprint density at radius 3 is 2.38 bits per heavy atom. The topological polar surface area (TPSA) is 66.9 Å². The quantitative estimate of drug-likeness (QED) is 0.645. The van der Waals surface area contributed by atoms with Crippen LogP contribution in [-0.2, 0) is 21.4 Å². The molecule has 0 saturated carbocycles. The van der Waals surface area contributed by atoms with Crippen molar-refractivity contribution in [2.75, 3.05) is 24.2 Å². The van der Waals surface area contributed by atoms with Crippen molar-refractivity contribution in [1.82, 2.24) is 4.90 Å². The summed E-state index contributed by atoms with van der Waals surface area (Å²) in [6.07, 6.45) is -3.94. The largest absolute Gasteiger partial charge is 0.573 e. The van der Waals surface area contributed by atoms with Crippen LogP contribution in [0.2, 0.25) is 5.02 Å². The zero-order valence-electron chi connectivity index (χ0n) is 15.5. The summed E-state index contributed by atoms with van der Waals surface area (Å²) in [7, 11) is -2.46. The number of amides is 1. The molecule has 0 N–H and O–H groups in total. The van der Waals surface area contributed by atoms with Gasteiger partial charge in [0.2, 0.25) is 15.9 Å². The molecule has 0 aliphatic carbocycles. The van der Waals surface area contributed by atoms with Crippen LogP contribution in [0.1, 0.15) is 5.56 Å². The van der Waals surface area contributed by atoms with E-state index in [2.05, 4.69) is 4.74 Å². The Morgan fingerprint density at radius 1 is 1.14 bits per heavy atom. The smallest absolute Gasteiger partial charge is 0.405 e. The van der Waals surface area contributed by atoms with Gasteiger partial charge >= 0.3 is 6.36 Å².